The smallest absolute Gasteiger partial charge is 0.208 e. The molecule has 1 aromatic carbocycles. The Kier molecular flexibility index (Phi) is 3.22. The van der Waals surface area contributed by atoms with Gasteiger partial charge in [0.25, 0.3) is 0 Å². The van der Waals surface area contributed by atoms with Crippen LogP contribution in [0.4, 0.5) is 10.3 Å². The fraction of sp³-hybridized carbons (Fsp3) is 0.438. The third kappa shape index (κ3) is 2.57. The Morgan fingerprint density at radius 3 is 2.35 bits per heavy atom. The highest BCUT2D eigenvalue weighted by atomic mass is 32.1. The molecule has 1 saturated heterocycles. The molecule has 1 aliphatic heterocycles. The summed E-state index contributed by atoms with van der Waals surface area (Å²) < 4.78 is 1.27. The van der Waals surface area contributed by atoms with Gasteiger partial charge in [0, 0.05) is 32.1 Å². The van der Waals surface area contributed by atoms with Gasteiger partial charge in [0.2, 0.25) is 5.13 Å². The summed E-state index contributed by atoms with van der Waals surface area (Å²) in [6, 6.07) is 8.37. The summed E-state index contributed by atoms with van der Waals surface area (Å²) in [5, 5.41) is 12.2. The lowest BCUT2D eigenvalue weighted by atomic mass is 10.3. The molecule has 2 aromatic heterocycles. The van der Waals surface area contributed by atoms with Crippen LogP contribution < -0.4 is 9.80 Å². The molecule has 0 N–H and O–H groups in total. The van der Waals surface area contributed by atoms with E-state index in [0.29, 0.717) is 5.92 Å². The van der Waals surface area contributed by atoms with Gasteiger partial charge in [-0.15, -0.1) is 10.2 Å². The van der Waals surface area contributed by atoms with E-state index < -0.39 is 0 Å². The number of para-hydroxylation sites is 1. The molecular formula is C16H17N5S2. The molecule has 1 aliphatic carbocycles. The molecule has 0 atom stereocenters. The van der Waals surface area contributed by atoms with Crippen molar-refractivity contribution in [3.05, 3.63) is 29.3 Å². The van der Waals surface area contributed by atoms with Crippen molar-refractivity contribution in [1.82, 2.24) is 15.2 Å². The summed E-state index contributed by atoms with van der Waals surface area (Å²) in [7, 11) is 0. The quantitative estimate of drug-likeness (QED) is 0.730. The minimum atomic E-state index is 0.699. The van der Waals surface area contributed by atoms with E-state index in [2.05, 4.69) is 44.3 Å². The predicted octanol–water partition coefficient (Wildman–Crippen LogP) is 3.35. The lowest BCUT2D eigenvalue weighted by molar-refractivity contribution is 0.648. The largest absolute Gasteiger partial charge is 0.345 e. The number of hydrogen-bond acceptors (Lipinski definition) is 7. The first kappa shape index (κ1) is 13.7. The summed E-state index contributed by atoms with van der Waals surface area (Å²) in [5.41, 5.74) is 1.10. The molecule has 5 rings (SSSR count). The van der Waals surface area contributed by atoms with Gasteiger partial charge >= 0.3 is 0 Å². The number of thiazole rings is 1. The Hall–Kier alpha value is -1.73. The van der Waals surface area contributed by atoms with Crippen LogP contribution in [0.3, 0.4) is 0 Å². The zero-order chi connectivity index (χ0) is 15.2. The molecule has 118 valence electrons. The zero-order valence-electron chi connectivity index (χ0n) is 12.7. The summed E-state index contributed by atoms with van der Waals surface area (Å²) in [6.07, 6.45) is 2.58. The fourth-order valence-electron chi connectivity index (χ4n) is 2.93. The predicted molar refractivity (Wildman–Crippen MR) is 95.9 cm³/mol. The Morgan fingerprint density at radius 2 is 1.61 bits per heavy atom. The van der Waals surface area contributed by atoms with Gasteiger partial charge in [-0.2, -0.15) is 0 Å². The summed E-state index contributed by atoms with van der Waals surface area (Å²) >= 11 is 3.57. The number of hydrogen-bond donors (Lipinski definition) is 0. The second kappa shape index (κ2) is 5.42. The van der Waals surface area contributed by atoms with E-state index in [-0.39, 0.29) is 0 Å². The number of nitrogens with zero attached hydrogens (tertiary/aromatic N) is 5. The van der Waals surface area contributed by atoms with Crippen molar-refractivity contribution in [1.29, 1.82) is 0 Å². The van der Waals surface area contributed by atoms with Crippen LogP contribution in [0.5, 0.6) is 0 Å². The van der Waals surface area contributed by atoms with Gasteiger partial charge in [-0.3, -0.25) is 0 Å². The standard InChI is InChI=1S/C16H17N5S2/c1-2-4-13-12(3-1)17-15(22-13)20-7-9-21(10-8-20)16-19-18-14(23-16)11-5-6-11/h1-4,11H,5-10H2. The molecule has 0 bridgehead atoms. The molecule has 5 nitrogen and oxygen atoms in total. The first-order chi connectivity index (χ1) is 11.4. The van der Waals surface area contributed by atoms with Crippen LogP contribution >= 0.6 is 22.7 Å². The van der Waals surface area contributed by atoms with Crippen molar-refractivity contribution < 1.29 is 0 Å². The molecule has 0 unspecified atom stereocenters. The van der Waals surface area contributed by atoms with Gasteiger partial charge in [0.15, 0.2) is 5.13 Å². The van der Waals surface area contributed by atoms with Crippen LogP contribution in [-0.2, 0) is 0 Å². The lowest BCUT2D eigenvalue weighted by Crippen LogP contribution is -2.46. The average molecular weight is 343 g/mol. The molecule has 1 saturated carbocycles. The van der Waals surface area contributed by atoms with Crippen LogP contribution in [-0.4, -0.2) is 41.4 Å². The maximum atomic E-state index is 4.77. The maximum Gasteiger partial charge on any atom is 0.208 e. The molecule has 2 fully saturated rings. The van der Waals surface area contributed by atoms with Gasteiger partial charge in [-0.05, 0) is 25.0 Å². The van der Waals surface area contributed by atoms with E-state index in [4.69, 9.17) is 4.98 Å². The molecule has 3 heterocycles. The SMILES string of the molecule is c1ccc2sc(N3CCN(c4nnc(C5CC5)s4)CC3)nc2c1. The Labute approximate surface area is 142 Å². The third-order valence-electron chi connectivity index (χ3n) is 4.46. The molecule has 3 aromatic rings. The normalized spacial score (nSPS) is 18.8. The highest BCUT2D eigenvalue weighted by Crippen LogP contribution is 2.42. The van der Waals surface area contributed by atoms with Crippen LogP contribution in [0.1, 0.15) is 23.8 Å². The Bertz CT molecular complexity index is 797. The van der Waals surface area contributed by atoms with Crippen molar-refractivity contribution in [2.75, 3.05) is 36.0 Å². The number of rotatable bonds is 3. The van der Waals surface area contributed by atoms with Crippen LogP contribution in [0.15, 0.2) is 24.3 Å². The van der Waals surface area contributed by atoms with Crippen LogP contribution in [0.2, 0.25) is 0 Å². The molecule has 0 radical (unpaired) electrons. The van der Waals surface area contributed by atoms with E-state index in [0.717, 1.165) is 42.0 Å². The van der Waals surface area contributed by atoms with E-state index in [1.165, 1.54) is 22.5 Å². The second-order valence-electron chi connectivity index (χ2n) is 6.14. The molecule has 23 heavy (non-hydrogen) atoms. The molecule has 0 amide bonds. The van der Waals surface area contributed by atoms with Gasteiger partial charge in [0.05, 0.1) is 10.2 Å². The van der Waals surface area contributed by atoms with Crippen LogP contribution in [0, 0.1) is 0 Å². The highest BCUT2D eigenvalue weighted by molar-refractivity contribution is 7.22. The van der Waals surface area contributed by atoms with Crippen molar-refractivity contribution >= 4 is 43.2 Å². The second-order valence-corrected chi connectivity index (χ2v) is 8.13. The van der Waals surface area contributed by atoms with E-state index in [1.54, 1.807) is 22.7 Å². The minimum Gasteiger partial charge on any atom is -0.345 e. The van der Waals surface area contributed by atoms with Crippen molar-refractivity contribution in [2.24, 2.45) is 0 Å². The highest BCUT2D eigenvalue weighted by Gasteiger charge is 2.29. The summed E-state index contributed by atoms with van der Waals surface area (Å²) in [5.74, 6) is 0.699. The van der Waals surface area contributed by atoms with E-state index in [9.17, 15) is 0 Å². The molecule has 7 heteroatoms. The summed E-state index contributed by atoms with van der Waals surface area (Å²) in [6.45, 7) is 3.99. The Morgan fingerprint density at radius 1 is 0.870 bits per heavy atom. The molecule has 0 spiro atoms. The van der Waals surface area contributed by atoms with Crippen molar-refractivity contribution in [3.63, 3.8) is 0 Å². The van der Waals surface area contributed by atoms with E-state index in [1.807, 2.05) is 0 Å². The number of aromatic nitrogens is 3. The topological polar surface area (TPSA) is 45.2 Å². The zero-order valence-corrected chi connectivity index (χ0v) is 14.3. The monoisotopic (exact) mass is 343 g/mol. The number of anilines is 2. The average Bonchev–Trinajstić information content (AvgIpc) is 3.17. The fourth-order valence-corrected chi connectivity index (χ4v) is 5.02. The third-order valence-corrected chi connectivity index (χ3v) is 6.70. The van der Waals surface area contributed by atoms with Gasteiger partial charge in [-0.25, -0.2) is 4.98 Å². The van der Waals surface area contributed by atoms with Gasteiger partial charge in [0.1, 0.15) is 5.01 Å². The first-order valence-corrected chi connectivity index (χ1v) is 9.69. The van der Waals surface area contributed by atoms with E-state index >= 15 is 0 Å². The Balaban J connectivity index is 1.29. The minimum absolute atomic E-state index is 0.699. The molecule has 2 aliphatic rings. The van der Waals surface area contributed by atoms with Crippen molar-refractivity contribution in [3.8, 4) is 0 Å². The van der Waals surface area contributed by atoms with Crippen LogP contribution in [0.25, 0.3) is 10.2 Å². The summed E-state index contributed by atoms with van der Waals surface area (Å²) in [4.78, 5) is 9.53. The van der Waals surface area contributed by atoms with Gasteiger partial charge in [-0.1, -0.05) is 34.8 Å². The number of piperazine rings is 1. The van der Waals surface area contributed by atoms with Crippen molar-refractivity contribution in [2.45, 2.75) is 18.8 Å². The maximum absolute atomic E-state index is 4.77. The first-order valence-electron chi connectivity index (χ1n) is 8.06. The number of fused-ring (bicyclic) bond motifs is 1. The lowest BCUT2D eigenvalue weighted by Gasteiger charge is -2.34. The molecular weight excluding hydrogens is 326 g/mol. The number of benzene rings is 1. The van der Waals surface area contributed by atoms with Gasteiger partial charge < -0.3 is 9.80 Å².